The number of rotatable bonds is 2. The fourth-order valence-corrected chi connectivity index (χ4v) is 5.17. The molecule has 2 fully saturated rings. The number of nitrogens with zero attached hydrogens (tertiary/aromatic N) is 2. The summed E-state index contributed by atoms with van der Waals surface area (Å²) >= 11 is 0. The molecule has 2 aliphatic carbocycles. The van der Waals surface area contributed by atoms with E-state index in [9.17, 15) is 4.79 Å². The van der Waals surface area contributed by atoms with Crippen LogP contribution in [-0.4, -0.2) is 16.9 Å². The summed E-state index contributed by atoms with van der Waals surface area (Å²) in [4.78, 5) is 19.4. The molecule has 0 bridgehead atoms. The summed E-state index contributed by atoms with van der Waals surface area (Å²) in [5, 5.41) is 0. The number of carbonyl (C=O) groups is 1. The molecule has 1 aliphatic heterocycles. The Morgan fingerprint density at radius 1 is 1.18 bits per heavy atom. The minimum Gasteiger partial charge on any atom is -0.307 e. The molecule has 0 spiro atoms. The molecule has 3 aliphatic rings. The molecule has 4 atom stereocenters. The van der Waals surface area contributed by atoms with E-state index in [-0.39, 0.29) is 5.92 Å². The third-order valence-corrected chi connectivity index (χ3v) is 6.29. The SMILES string of the molecule is CCC1C(=O)N(C2CCC3CCCCC3C2)c2cnccc21. The summed E-state index contributed by atoms with van der Waals surface area (Å²) in [5.74, 6) is 2.16. The van der Waals surface area contributed by atoms with Crippen molar-refractivity contribution < 1.29 is 4.79 Å². The zero-order valence-electron chi connectivity index (χ0n) is 13.5. The van der Waals surface area contributed by atoms with E-state index in [1.807, 2.05) is 18.5 Å². The van der Waals surface area contributed by atoms with Crippen molar-refractivity contribution in [3.63, 3.8) is 0 Å². The van der Waals surface area contributed by atoms with E-state index >= 15 is 0 Å². The molecular formula is C19H26N2O. The van der Waals surface area contributed by atoms with Crippen LogP contribution in [0, 0.1) is 11.8 Å². The quantitative estimate of drug-likeness (QED) is 0.816. The molecule has 2 saturated carbocycles. The topological polar surface area (TPSA) is 33.2 Å². The van der Waals surface area contributed by atoms with E-state index in [4.69, 9.17) is 0 Å². The first-order chi connectivity index (χ1) is 10.8. The highest BCUT2D eigenvalue weighted by Crippen LogP contribution is 2.46. The summed E-state index contributed by atoms with van der Waals surface area (Å²) in [6.07, 6.45) is 13.9. The van der Waals surface area contributed by atoms with E-state index < -0.39 is 0 Å². The lowest BCUT2D eigenvalue weighted by molar-refractivity contribution is -0.120. The van der Waals surface area contributed by atoms with Crippen LogP contribution in [0.4, 0.5) is 5.69 Å². The third-order valence-electron chi connectivity index (χ3n) is 6.29. The standard InChI is InChI=1S/C19H26N2O/c1-2-16-17-9-10-20-12-18(17)21(19(16)22)15-8-7-13-5-3-4-6-14(13)11-15/h9-10,12-16H,2-8,11H2,1H3. The summed E-state index contributed by atoms with van der Waals surface area (Å²) in [6, 6.07) is 2.46. The largest absolute Gasteiger partial charge is 0.307 e. The monoisotopic (exact) mass is 298 g/mol. The first kappa shape index (κ1) is 14.2. The summed E-state index contributed by atoms with van der Waals surface area (Å²) in [5.41, 5.74) is 2.30. The Kier molecular flexibility index (Phi) is 3.67. The second-order valence-corrected chi connectivity index (χ2v) is 7.38. The molecule has 0 radical (unpaired) electrons. The maximum Gasteiger partial charge on any atom is 0.234 e. The molecule has 1 aromatic heterocycles. The van der Waals surface area contributed by atoms with Crippen molar-refractivity contribution in [1.29, 1.82) is 0 Å². The van der Waals surface area contributed by atoms with E-state index in [2.05, 4.69) is 16.8 Å². The highest BCUT2D eigenvalue weighted by Gasteiger charge is 2.43. The molecule has 0 aromatic carbocycles. The van der Waals surface area contributed by atoms with E-state index in [0.717, 1.165) is 23.9 Å². The summed E-state index contributed by atoms with van der Waals surface area (Å²) in [6.45, 7) is 2.12. The highest BCUT2D eigenvalue weighted by molar-refractivity contribution is 6.05. The Morgan fingerprint density at radius 3 is 2.82 bits per heavy atom. The van der Waals surface area contributed by atoms with Crippen molar-refractivity contribution >= 4 is 11.6 Å². The molecule has 118 valence electrons. The maximum absolute atomic E-state index is 13.0. The van der Waals surface area contributed by atoms with Gasteiger partial charge in [-0.15, -0.1) is 0 Å². The lowest BCUT2D eigenvalue weighted by Crippen LogP contribution is -2.44. The number of pyridine rings is 1. The van der Waals surface area contributed by atoms with Crippen molar-refractivity contribution in [2.24, 2.45) is 11.8 Å². The molecule has 4 unspecified atom stereocenters. The van der Waals surface area contributed by atoms with Crippen molar-refractivity contribution in [2.75, 3.05) is 4.90 Å². The molecule has 0 N–H and O–H groups in total. The lowest BCUT2D eigenvalue weighted by atomic mass is 9.69. The molecule has 4 rings (SSSR count). The Balaban J connectivity index is 1.61. The molecule has 3 nitrogen and oxygen atoms in total. The molecule has 1 amide bonds. The minimum atomic E-state index is 0.0575. The second kappa shape index (κ2) is 5.68. The van der Waals surface area contributed by atoms with Gasteiger partial charge in [0.25, 0.3) is 0 Å². The summed E-state index contributed by atoms with van der Waals surface area (Å²) in [7, 11) is 0. The van der Waals surface area contributed by atoms with Gasteiger partial charge in [-0.3, -0.25) is 9.78 Å². The molecule has 0 saturated heterocycles. The Morgan fingerprint density at radius 2 is 2.00 bits per heavy atom. The van der Waals surface area contributed by atoms with Crippen LogP contribution in [-0.2, 0) is 4.79 Å². The molecule has 2 heterocycles. The van der Waals surface area contributed by atoms with E-state index in [1.165, 1.54) is 50.5 Å². The fourth-order valence-electron chi connectivity index (χ4n) is 5.17. The number of anilines is 1. The van der Waals surface area contributed by atoms with Gasteiger partial charge in [-0.25, -0.2) is 0 Å². The van der Waals surface area contributed by atoms with Gasteiger partial charge in [0.2, 0.25) is 5.91 Å². The third kappa shape index (κ3) is 2.17. The van der Waals surface area contributed by atoms with Crippen LogP contribution in [0.3, 0.4) is 0 Å². The van der Waals surface area contributed by atoms with Gasteiger partial charge in [0, 0.05) is 12.2 Å². The molecule has 3 heteroatoms. The van der Waals surface area contributed by atoms with Gasteiger partial charge in [0.1, 0.15) is 0 Å². The zero-order chi connectivity index (χ0) is 15.1. The summed E-state index contributed by atoms with van der Waals surface area (Å²) < 4.78 is 0. The average molecular weight is 298 g/mol. The lowest BCUT2D eigenvalue weighted by Gasteiger charge is -2.42. The van der Waals surface area contributed by atoms with Crippen LogP contribution in [0.5, 0.6) is 0 Å². The van der Waals surface area contributed by atoms with Gasteiger partial charge in [0.05, 0.1) is 17.8 Å². The molecule has 22 heavy (non-hydrogen) atoms. The van der Waals surface area contributed by atoms with Gasteiger partial charge in [-0.1, -0.05) is 32.6 Å². The first-order valence-electron chi connectivity index (χ1n) is 9.06. The Bertz CT molecular complexity index is 570. The Labute approximate surface area is 133 Å². The van der Waals surface area contributed by atoms with Gasteiger partial charge in [-0.05, 0) is 49.1 Å². The predicted molar refractivity (Wildman–Crippen MR) is 87.8 cm³/mol. The molecular weight excluding hydrogens is 272 g/mol. The van der Waals surface area contributed by atoms with Crippen LogP contribution >= 0.6 is 0 Å². The van der Waals surface area contributed by atoms with E-state index in [0.29, 0.717) is 11.9 Å². The fraction of sp³-hybridized carbons (Fsp3) is 0.684. The predicted octanol–water partition coefficient (Wildman–Crippen LogP) is 4.28. The van der Waals surface area contributed by atoms with Crippen LogP contribution in [0.2, 0.25) is 0 Å². The van der Waals surface area contributed by atoms with Crippen molar-refractivity contribution in [1.82, 2.24) is 4.98 Å². The van der Waals surface area contributed by atoms with Gasteiger partial charge in [-0.2, -0.15) is 0 Å². The van der Waals surface area contributed by atoms with E-state index in [1.54, 1.807) is 0 Å². The zero-order valence-corrected chi connectivity index (χ0v) is 13.5. The number of fused-ring (bicyclic) bond motifs is 2. The normalized spacial score (nSPS) is 34.4. The smallest absolute Gasteiger partial charge is 0.234 e. The number of hydrogen-bond donors (Lipinski definition) is 0. The van der Waals surface area contributed by atoms with Gasteiger partial charge < -0.3 is 4.90 Å². The number of amides is 1. The van der Waals surface area contributed by atoms with Crippen LogP contribution < -0.4 is 4.90 Å². The number of carbonyl (C=O) groups excluding carboxylic acids is 1. The maximum atomic E-state index is 13.0. The Hall–Kier alpha value is -1.38. The van der Waals surface area contributed by atoms with Crippen molar-refractivity contribution in [3.05, 3.63) is 24.0 Å². The first-order valence-corrected chi connectivity index (χ1v) is 9.06. The number of aromatic nitrogens is 1. The van der Waals surface area contributed by atoms with Gasteiger partial charge in [0.15, 0.2) is 0 Å². The minimum absolute atomic E-state index is 0.0575. The van der Waals surface area contributed by atoms with Crippen LogP contribution in [0.15, 0.2) is 18.5 Å². The second-order valence-electron chi connectivity index (χ2n) is 7.38. The molecule has 1 aromatic rings. The van der Waals surface area contributed by atoms with Crippen molar-refractivity contribution in [3.8, 4) is 0 Å². The van der Waals surface area contributed by atoms with Crippen LogP contribution in [0.25, 0.3) is 0 Å². The van der Waals surface area contributed by atoms with Crippen molar-refractivity contribution in [2.45, 2.75) is 70.3 Å². The average Bonchev–Trinajstić information content (AvgIpc) is 2.85. The van der Waals surface area contributed by atoms with Crippen LogP contribution in [0.1, 0.15) is 69.8 Å². The number of hydrogen-bond acceptors (Lipinski definition) is 2. The highest BCUT2D eigenvalue weighted by atomic mass is 16.2. The van der Waals surface area contributed by atoms with Gasteiger partial charge >= 0.3 is 0 Å².